The minimum absolute atomic E-state index is 0.101. The second kappa shape index (κ2) is 4.71. The normalized spacial score (nSPS) is 56.8. The van der Waals surface area contributed by atoms with Crippen molar-refractivity contribution in [2.45, 2.75) is 56.8 Å². The molecule has 4 saturated carbocycles. The molecule has 0 unspecified atom stereocenters. The molecule has 4 bridgehead atoms. The number of carbonyl (C=O) groups is 2. The Kier molecular flexibility index (Phi) is 3.03. The third-order valence-corrected chi connectivity index (χ3v) is 8.71. The number of aliphatic hydroxyl groups excluding tert-OH is 2. The van der Waals surface area contributed by atoms with E-state index in [2.05, 4.69) is 6.58 Å². The van der Waals surface area contributed by atoms with Crippen molar-refractivity contribution in [1.29, 1.82) is 0 Å². The molecule has 5 aliphatic rings. The number of methoxy groups -OCH3 is 1. The molecular formula is C20H26O6. The van der Waals surface area contributed by atoms with Gasteiger partial charge in [0, 0.05) is 18.3 Å². The van der Waals surface area contributed by atoms with Crippen LogP contribution >= 0.6 is 0 Å². The van der Waals surface area contributed by atoms with Gasteiger partial charge in [0.25, 0.3) is 0 Å². The van der Waals surface area contributed by atoms with Gasteiger partial charge in [-0.15, -0.1) is 0 Å². The van der Waals surface area contributed by atoms with Crippen LogP contribution in [0.2, 0.25) is 0 Å². The van der Waals surface area contributed by atoms with E-state index in [1.165, 1.54) is 7.11 Å². The molecule has 0 aromatic heterocycles. The van der Waals surface area contributed by atoms with Gasteiger partial charge in [-0.25, -0.2) is 0 Å². The lowest BCUT2D eigenvalue weighted by molar-refractivity contribution is -0.178. The van der Waals surface area contributed by atoms with Crippen LogP contribution < -0.4 is 0 Å². The van der Waals surface area contributed by atoms with Crippen molar-refractivity contribution in [3.8, 4) is 0 Å². The largest absolute Gasteiger partial charge is 0.469 e. The van der Waals surface area contributed by atoms with Crippen LogP contribution in [-0.2, 0) is 19.1 Å². The van der Waals surface area contributed by atoms with Crippen molar-refractivity contribution in [1.82, 2.24) is 0 Å². The maximum atomic E-state index is 13.0. The fraction of sp³-hybridized carbons (Fsp3) is 0.800. The number of rotatable bonds is 1. The molecule has 26 heavy (non-hydrogen) atoms. The van der Waals surface area contributed by atoms with Crippen LogP contribution in [0.25, 0.3) is 0 Å². The number of hydrogen-bond donors (Lipinski definition) is 2. The summed E-state index contributed by atoms with van der Waals surface area (Å²) < 4.78 is 11.2. The van der Waals surface area contributed by atoms with E-state index in [0.717, 1.165) is 24.8 Å². The van der Waals surface area contributed by atoms with Crippen LogP contribution in [0.1, 0.15) is 39.0 Å². The zero-order chi connectivity index (χ0) is 18.6. The quantitative estimate of drug-likeness (QED) is 0.538. The Balaban J connectivity index is 1.78. The first-order valence-electron chi connectivity index (χ1n) is 9.58. The van der Waals surface area contributed by atoms with Gasteiger partial charge in [-0.3, -0.25) is 9.59 Å². The Morgan fingerprint density at radius 2 is 2.04 bits per heavy atom. The summed E-state index contributed by atoms with van der Waals surface area (Å²) in [5, 5.41) is 21.8. The maximum Gasteiger partial charge on any atom is 0.315 e. The minimum Gasteiger partial charge on any atom is -0.469 e. The van der Waals surface area contributed by atoms with E-state index >= 15 is 0 Å². The van der Waals surface area contributed by atoms with E-state index < -0.39 is 46.4 Å². The van der Waals surface area contributed by atoms with E-state index in [1.807, 2.05) is 0 Å². The third kappa shape index (κ3) is 1.47. The lowest BCUT2D eigenvalue weighted by Gasteiger charge is -2.47. The van der Waals surface area contributed by atoms with Gasteiger partial charge in [0.15, 0.2) is 0 Å². The number of fused-ring (bicyclic) bond motifs is 1. The molecule has 5 rings (SSSR count). The number of aliphatic hydroxyl groups is 2. The highest BCUT2D eigenvalue weighted by molar-refractivity contribution is 5.86. The molecule has 0 amide bonds. The Hall–Kier alpha value is -1.40. The number of carbonyl (C=O) groups excluding carboxylic acids is 2. The van der Waals surface area contributed by atoms with Crippen molar-refractivity contribution in [2.24, 2.45) is 34.5 Å². The second-order valence-electron chi connectivity index (χ2n) is 9.37. The number of ether oxygens (including phenoxy) is 2. The molecule has 6 heteroatoms. The van der Waals surface area contributed by atoms with E-state index in [9.17, 15) is 19.8 Å². The lowest BCUT2D eigenvalue weighted by Crippen LogP contribution is -2.60. The summed E-state index contributed by atoms with van der Waals surface area (Å²) in [4.78, 5) is 25.9. The van der Waals surface area contributed by atoms with Crippen LogP contribution in [0, 0.1) is 34.5 Å². The standard InChI is InChI=1S/C20H26O6/c1-9-7-19-8-10(9)4-5-11(19)20-13(22)6-12(21)18(2,17(24)26-20)15(20)14(19)16(23)25-3/h10-15,21-22H,1,4-8H2,2-3H3/t10-,11-,12+,13+,14-,15-,18-,19+,20+/m1/s1. The number of allylic oxidation sites excluding steroid dienone is 1. The molecule has 2 N–H and O–H groups in total. The van der Waals surface area contributed by atoms with E-state index in [-0.39, 0.29) is 18.3 Å². The molecule has 1 saturated heterocycles. The molecule has 0 aromatic carbocycles. The van der Waals surface area contributed by atoms with Crippen molar-refractivity contribution in [3.05, 3.63) is 12.2 Å². The smallest absolute Gasteiger partial charge is 0.315 e. The Labute approximate surface area is 152 Å². The molecule has 4 aliphatic carbocycles. The SMILES string of the molecule is C=C1C[C@]23C[C@H]1CC[C@H]2[C@@]12OC(=O)[C@@](C)([C@H]1[C@@H]3C(=O)OC)[C@@H](O)C[C@@H]2O. The maximum absolute atomic E-state index is 13.0. The minimum atomic E-state index is -1.19. The van der Waals surface area contributed by atoms with Gasteiger partial charge in [0.2, 0.25) is 0 Å². The average Bonchev–Trinajstić information content (AvgIpc) is 3.08. The molecule has 1 spiro atoms. The molecule has 1 aliphatic heterocycles. The van der Waals surface area contributed by atoms with Gasteiger partial charge in [-0.1, -0.05) is 12.2 Å². The Morgan fingerprint density at radius 3 is 2.73 bits per heavy atom. The highest BCUT2D eigenvalue weighted by Crippen LogP contribution is 2.77. The highest BCUT2D eigenvalue weighted by Gasteiger charge is 2.85. The van der Waals surface area contributed by atoms with E-state index in [4.69, 9.17) is 9.47 Å². The fourth-order valence-corrected chi connectivity index (χ4v) is 7.74. The molecule has 1 heterocycles. The van der Waals surface area contributed by atoms with Crippen molar-refractivity contribution >= 4 is 11.9 Å². The topological polar surface area (TPSA) is 93.1 Å². The van der Waals surface area contributed by atoms with Gasteiger partial charge >= 0.3 is 11.9 Å². The summed E-state index contributed by atoms with van der Waals surface area (Å²) in [6.45, 7) is 5.94. The summed E-state index contributed by atoms with van der Waals surface area (Å²) in [5.41, 5.74) is -1.53. The predicted molar refractivity (Wildman–Crippen MR) is 89.6 cm³/mol. The highest BCUT2D eigenvalue weighted by atomic mass is 16.6. The van der Waals surface area contributed by atoms with Gasteiger partial charge in [0.05, 0.1) is 30.7 Å². The molecule has 9 atom stereocenters. The molecule has 0 aromatic rings. The predicted octanol–water partition coefficient (Wildman–Crippen LogP) is 1.20. The summed E-state index contributed by atoms with van der Waals surface area (Å²) in [5.74, 6) is -1.71. The number of hydrogen-bond acceptors (Lipinski definition) is 6. The first kappa shape index (κ1) is 16.8. The Morgan fingerprint density at radius 1 is 1.31 bits per heavy atom. The summed E-state index contributed by atoms with van der Waals surface area (Å²) >= 11 is 0. The monoisotopic (exact) mass is 362 g/mol. The first-order chi connectivity index (χ1) is 12.2. The molecule has 5 fully saturated rings. The summed E-state index contributed by atoms with van der Waals surface area (Å²) in [7, 11) is 1.37. The third-order valence-electron chi connectivity index (χ3n) is 8.71. The summed E-state index contributed by atoms with van der Waals surface area (Å²) in [6, 6.07) is 0. The Bertz CT molecular complexity index is 732. The molecule has 142 valence electrons. The molecular weight excluding hydrogens is 336 g/mol. The van der Waals surface area contributed by atoms with Crippen molar-refractivity contribution < 1.29 is 29.3 Å². The van der Waals surface area contributed by atoms with Crippen LogP contribution in [0.5, 0.6) is 0 Å². The van der Waals surface area contributed by atoms with Crippen LogP contribution in [0.4, 0.5) is 0 Å². The van der Waals surface area contributed by atoms with E-state index in [0.29, 0.717) is 12.3 Å². The van der Waals surface area contributed by atoms with Gasteiger partial charge < -0.3 is 19.7 Å². The van der Waals surface area contributed by atoms with Gasteiger partial charge in [0.1, 0.15) is 5.60 Å². The van der Waals surface area contributed by atoms with Crippen molar-refractivity contribution in [3.63, 3.8) is 0 Å². The van der Waals surface area contributed by atoms with Gasteiger partial charge in [-0.2, -0.15) is 0 Å². The second-order valence-corrected chi connectivity index (χ2v) is 9.37. The average molecular weight is 362 g/mol. The van der Waals surface area contributed by atoms with Crippen LogP contribution in [0.15, 0.2) is 12.2 Å². The van der Waals surface area contributed by atoms with Crippen molar-refractivity contribution in [2.75, 3.05) is 7.11 Å². The van der Waals surface area contributed by atoms with Crippen LogP contribution in [-0.4, -0.2) is 47.1 Å². The lowest BCUT2D eigenvalue weighted by atomic mass is 9.58. The van der Waals surface area contributed by atoms with Crippen LogP contribution in [0.3, 0.4) is 0 Å². The fourth-order valence-electron chi connectivity index (χ4n) is 7.74. The first-order valence-corrected chi connectivity index (χ1v) is 9.58. The number of esters is 2. The molecule has 0 radical (unpaired) electrons. The van der Waals surface area contributed by atoms with Gasteiger partial charge in [-0.05, 0) is 43.9 Å². The van der Waals surface area contributed by atoms with E-state index in [1.54, 1.807) is 6.92 Å². The summed E-state index contributed by atoms with van der Waals surface area (Å²) in [6.07, 6.45) is 1.37. The zero-order valence-electron chi connectivity index (χ0n) is 15.2. The molecule has 6 nitrogen and oxygen atoms in total. The zero-order valence-corrected chi connectivity index (χ0v) is 15.2.